The van der Waals surface area contributed by atoms with Crippen LogP contribution in [0, 0.1) is 0 Å². The van der Waals surface area contributed by atoms with Crippen LogP contribution in [0.5, 0.6) is 5.75 Å². The lowest BCUT2D eigenvalue weighted by atomic mass is 9.79. The van der Waals surface area contributed by atoms with E-state index >= 15 is 0 Å². The first kappa shape index (κ1) is 21.7. The Morgan fingerprint density at radius 3 is 2.52 bits per heavy atom. The minimum Gasteiger partial charge on any atom is -0.482 e. The van der Waals surface area contributed by atoms with Crippen LogP contribution in [0.2, 0.25) is 5.02 Å². The number of ether oxygens (including phenoxy) is 1. The van der Waals surface area contributed by atoms with Crippen molar-refractivity contribution in [3.63, 3.8) is 0 Å². The van der Waals surface area contributed by atoms with E-state index in [0.29, 0.717) is 22.8 Å². The molecule has 1 aromatic heterocycles. The second-order valence-electron chi connectivity index (χ2n) is 9.08. The summed E-state index contributed by atoms with van der Waals surface area (Å²) in [6.45, 7) is 10.3. The van der Waals surface area contributed by atoms with E-state index in [-0.39, 0.29) is 29.6 Å². The molecule has 0 aliphatic carbocycles. The molecule has 1 fully saturated rings. The quantitative estimate of drug-likeness (QED) is 0.719. The number of nitrogens with one attached hydrogen (secondary N) is 2. The average Bonchev–Trinajstić information content (AvgIpc) is 2.56. The van der Waals surface area contributed by atoms with Crippen LogP contribution in [0.25, 0.3) is 11.0 Å². The van der Waals surface area contributed by atoms with Crippen LogP contribution in [0.3, 0.4) is 0 Å². The Bertz CT molecular complexity index is 965. The summed E-state index contributed by atoms with van der Waals surface area (Å²) in [5.74, 6) is 0.111. The highest BCUT2D eigenvalue weighted by molar-refractivity contribution is 6.32. The monoisotopic (exact) mass is 420 g/mol. The summed E-state index contributed by atoms with van der Waals surface area (Å²) in [6.07, 6.45) is 2.36. The van der Waals surface area contributed by atoms with Gasteiger partial charge >= 0.3 is 5.63 Å². The van der Waals surface area contributed by atoms with E-state index in [1.54, 1.807) is 12.1 Å². The molecule has 7 heteroatoms. The molecule has 1 aliphatic rings. The molecule has 29 heavy (non-hydrogen) atoms. The number of fused-ring (bicyclic) bond motifs is 1. The second kappa shape index (κ2) is 8.00. The van der Waals surface area contributed by atoms with Gasteiger partial charge in [0.05, 0.1) is 5.02 Å². The Morgan fingerprint density at radius 1 is 1.24 bits per heavy atom. The lowest BCUT2D eigenvalue weighted by Crippen LogP contribution is -2.62. The van der Waals surface area contributed by atoms with Crippen molar-refractivity contribution >= 4 is 28.5 Å². The van der Waals surface area contributed by atoms with Gasteiger partial charge < -0.3 is 19.8 Å². The third-order valence-electron chi connectivity index (χ3n) is 5.18. The largest absolute Gasteiger partial charge is 0.482 e. The first-order chi connectivity index (χ1) is 13.5. The highest BCUT2D eigenvalue weighted by atomic mass is 35.5. The molecular formula is C22H29ClN2O4. The fourth-order valence-electron chi connectivity index (χ4n) is 4.47. The summed E-state index contributed by atoms with van der Waals surface area (Å²) >= 11 is 6.34. The molecule has 1 saturated heterocycles. The predicted octanol–water partition coefficient (Wildman–Crippen LogP) is 3.81. The number of carbonyl (C=O) groups excluding carboxylic acids is 1. The standard InChI is InChI=1S/C22H29ClN2O4/c1-6-13-7-20(27)29-17-9-18(16(23)8-15(13)17)28-12-19(26)24-14-10-21(2,3)25-22(4,5)11-14/h7-9,14,25H,6,10-12H2,1-5H3,(H,24,26). The molecule has 0 spiro atoms. The van der Waals surface area contributed by atoms with Crippen molar-refractivity contribution in [1.29, 1.82) is 0 Å². The molecular weight excluding hydrogens is 392 g/mol. The molecule has 0 atom stereocenters. The zero-order valence-corrected chi connectivity index (χ0v) is 18.4. The van der Waals surface area contributed by atoms with Crippen LogP contribution in [0.15, 0.2) is 27.4 Å². The lowest BCUT2D eigenvalue weighted by Gasteiger charge is -2.46. The highest BCUT2D eigenvalue weighted by Crippen LogP contribution is 2.32. The molecule has 2 aromatic rings. The zero-order valence-electron chi connectivity index (χ0n) is 17.6. The first-order valence-electron chi connectivity index (χ1n) is 9.96. The summed E-state index contributed by atoms with van der Waals surface area (Å²) < 4.78 is 10.9. The number of halogens is 1. The van der Waals surface area contributed by atoms with Crippen molar-refractivity contribution < 1.29 is 13.9 Å². The Balaban J connectivity index is 1.69. The number of hydrogen-bond acceptors (Lipinski definition) is 5. The Morgan fingerprint density at radius 2 is 1.90 bits per heavy atom. The van der Waals surface area contributed by atoms with Crippen molar-refractivity contribution in [3.05, 3.63) is 39.2 Å². The van der Waals surface area contributed by atoms with E-state index < -0.39 is 5.63 Å². The Hall–Kier alpha value is -2.05. The number of piperidine rings is 1. The smallest absolute Gasteiger partial charge is 0.336 e. The van der Waals surface area contributed by atoms with Crippen molar-refractivity contribution in [3.8, 4) is 5.75 Å². The molecule has 2 heterocycles. The molecule has 1 amide bonds. The minimum atomic E-state index is -0.420. The van der Waals surface area contributed by atoms with Crippen molar-refractivity contribution in [2.75, 3.05) is 6.61 Å². The molecule has 1 aromatic carbocycles. The molecule has 2 N–H and O–H groups in total. The van der Waals surface area contributed by atoms with Crippen molar-refractivity contribution in [2.45, 2.75) is 71.0 Å². The average molecular weight is 421 g/mol. The molecule has 0 radical (unpaired) electrons. The fraction of sp³-hybridized carbons (Fsp3) is 0.545. The van der Waals surface area contributed by atoms with Gasteiger partial charge in [-0.05, 0) is 58.6 Å². The van der Waals surface area contributed by atoms with Crippen LogP contribution < -0.4 is 21.0 Å². The van der Waals surface area contributed by atoms with Gasteiger partial charge in [0.1, 0.15) is 11.3 Å². The highest BCUT2D eigenvalue weighted by Gasteiger charge is 2.38. The normalized spacial score (nSPS) is 18.6. The Kier molecular flexibility index (Phi) is 5.97. The summed E-state index contributed by atoms with van der Waals surface area (Å²) in [4.78, 5) is 24.2. The molecule has 1 aliphatic heterocycles. The van der Waals surface area contributed by atoms with Gasteiger partial charge in [-0.2, -0.15) is 0 Å². The van der Waals surface area contributed by atoms with E-state index in [0.717, 1.165) is 23.8 Å². The van der Waals surface area contributed by atoms with E-state index in [1.807, 2.05) is 6.92 Å². The summed E-state index contributed by atoms with van der Waals surface area (Å²) in [7, 11) is 0. The van der Waals surface area contributed by atoms with Crippen LogP contribution in [0.1, 0.15) is 53.0 Å². The van der Waals surface area contributed by atoms with Gasteiger partial charge in [-0.1, -0.05) is 18.5 Å². The number of benzene rings is 1. The topological polar surface area (TPSA) is 80.6 Å². The molecule has 158 valence electrons. The molecule has 0 saturated carbocycles. The van der Waals surface area contributed by atoms with Crippen molar-refractivity contribution in [2.24, 2.45) is 0 Å². The Labute approximate surface area is 175 Å². The predicted molar refractivity (Wildman–Crippen MR) is 115 cm³/mol. The maximum atomic E-state index is 12.5. The van der Waals surface area contributed by atoms with Gasteiger partial charge in [-0.25, -0.2) is 4.79 Å². The van der Waals surface area contributed by atoms with Crippen molar-refractivity contribution in [1.82, 2.24) is 10.6 Å². The van der Waals surface area contributed by atoms with E-state index in [9.17, 15) is 9.59 Å². The minimum absolute atomic E-state index is 0.0588. The second-order valence-corrected chi connectivity index (χ2v) is 9.48. The van der Waals surface area contributed by atoms with Gasteiger partial charge in [0.15, 0.2) is 6.61 Å². The summed E-state index contributed by atoms with van der Waals surface area (Å²) in [5, 5.41) is 7.80. The molecule has 3 rings (SSSR count). The SMILES string of the molecule is CCc1cc(=O)oc2cc(OCC(=O)NC3CC(C)(C)NC(C)(C)C3)c(Cl)cc12. The summed E-state index contributed by atoms with van der Waals surface area (Å²) in [6, 6.07) is 4.82. The number of rotatable bonds is 5. The third kappa shape index (κ3) is 5.31. The van der Waals surface area contributed by atoms with Gasteiger partial charge in [0.25, 0.3) is 5.91 Å². The van der Waals surface area contributed by atoms with Gasteiger partial charge in [-0.3, -0.25) is 4.79 Å². The number of amides is 1. The number of aryl methyl sites for hydroxylation is 1. The maximum Gasteiger partial charge on any atom is 0.336 e. The fourth-order valence-corrected chi connectivity index (χ4v) is 4.69. The van der Waals surface area contributed by atoms with Crippen LogP contribution >= 0.6 is 11.6 Å². The molecule has 0 bridgehead atoms. The van der Waals surface area contributed by atoms with Crippen LogP contribution in [0.4, 0.5) is 0 Å². The third-order valence-corrected chi connectivity index (χ3v) is 5.47. The van der Waals surface area contributed by atoms with E-state index in [2.05, 4.69) is 38.3 Å². The summed E-state index contributed by atoms with van der Waals surface area (Å²) in [5.41, 5.74) is 0.721. The van der Waals surface area contributed by atoms with Gasteiger partial charge in [0.2, 0.25) is 0 Å². The van der Waals surface area contributed by atoms with Gasteiger partial charge in [0, 0.05) is 34.6 Å². The van der Waals surface area contributed by atoms with E-state index in [4.69, 9.17) is 20.8 Å². The number of carbonyl (C=O) groups is 1. The number of hydrogen-bond donors (Lipinski definition) is 2. The zero-order chi connectivity index (χ0) is 21.4. The molecule has 6 nitrogen and oxygen atoms in total. The van der Waals surface area contributed by atoms with Crippen LogP contribution in [-0.4, -0.2) is 29.6 Å². The van der Waals surface area contributed by atoms with Gasteiger partial charge in [-0.15, -0.1) is 0 Å². The van der Waals surface area contributed by atoms with E-state index in [1.165, 1.54) is 6.07 Å². The maximum absolute atomic E-state index is 12.5. The lowest BCUT2D eigenvalue weighted by molar-refractivity contribution is -0.124. The first-order valence-corrected chi connectivity index (χ1v) is 10.3. The molecule has 0 unspecified atom stereocenters. The van der Waals surface area contributed by atoms with Crippen LogP contribution in [-0.2, 0) is 11.2 Å².